The molecule has 6 nitrogen and oxygen atoms in total. The summed E-state index contributed by atoms with van der Waals surface area (Å²) < 4.78 is 1.97. The van der Waals surface area contributed by atoms with E-state index in [4.69, 9.17) is 0 Å². The van der Waals surface area contributed by atoms with Crippen molar-refractivity contribution in [1.29, 1.82) is 0 Å². The average molecular weight is 285 g/mol. The Bertz CT molecular complexity index is 636. The number of anilines is 1. The third-order valence-electron chi connectivity index (χ3n) is 3.84. The molecule has 0 aliphatic carbocycles. The molecule has 1 aliphatic heterocycles. The first-order valence-corrected chi connectivity index (χ1v) is 7.26. The average Bonchev–Trinajstić information content (AvgIpc) is 2.89. The maximum atomic E-state index is 12.3. The van der Waals surface area contributed by atoms with E-state index in [1.165, 1.54) is 5.56 Å². The van der Waals surface area contributed by atoms with Crippen molar-refractivity contribution in [3.05, 3.63) is 42.0 Å². The van der Waals surface area contributed by atoms with Gasteiger partial charge in [0.1, 0.15) is 12.2 Å². The molecule has 0 spiro atoms. The maximum Gasteiger partial charge on any atom is 0.241 e. The van der Waals surface area contributed by atoms with E-state index < -0.39 is 0 Å². The highest BCUT2D eigenvalue weighted by atomic mass is 16.2. The Kier molecular flexibility index (Phi) is 3.96. The molecule has 110 valence electrons. The van der Waals surface area contributed by atoms with Crippen molar-refractivity contribution in [2.45, 2.75) is 38.9 Å². The molecule has 1 unspecified atom stereocenters. The van der Waals surface area contributed by atoms with Crippen LogP contribution in [0.2, 0.25) is 0 Å². The summed E-state index contributed by atoms with van der Waals surface area (Å²) in [5.41, 5.74) is 2.11. The molecule has 0 radical (unpaired) electrons. The molecule has 1 aromatic heterocycles. The van der Waals surface area contributed by atoms with Crippen molar-refractivity contribution in [3.63, 3.8) is 0 Å². The molecular formula is C15H19N5O. The number of amides is 1. The molecule has 1 amide bonds. The quantitative estimate of drug-likeness (QED) is 0.889. The highest BCUT2D eigenvalue weighted by Gasteiger charge is 2.23. The summed E-state index contributed by atoms with van der Waals surface area (Å²) in [4.78, 5) is 12.3. The van der Waals surface area contributed by atoms with Crippen LogP contribution in [0.5, 0.6) is 0 Å². The molecule has 2 heterocycles. The van der Waals surface area contributed by atoms with E-state index in [9.17, 15) is 4.79 Å². The van der Waals surface area contributed by atoms with Gasteiger partial charge in [-0.2, -0.15) is 0 Å². The van der Waals surface area contributed by atoms with E-state index in [0.29, 0.717) is 6.54 Å². The lowest BCUT2D eigenvalue weighted by molar-refractivity contribution is -0.118. The maximum absolute atomic E-state index is 12.3. The number of benzene rings is 1. The molecule has 0 bridgehead atoms. The lowest BCUT2D eigenvalue weighted by Gasteiger charge is -2.15. The normalized spacial score (nSPS) is 18.0. The molecule has 3 rings (SSSR count). The number of hydrogen-bond acceptors (Lipinski definition) is 4. The van der Waals surface area contributed by atoms with Gasteiger partial charge < -0.3 is 9.88 Å². The van der Waals surface area contributed by atoms with Gasteiger partial charge in [0, 0.05) is 12.2 Å². The molecule has 6 heteroatoms. The van der Waals surface area contributed by atoms with Gasteiger partial charge >= 0.3 is 0 Å². The molecule has 1 atom stereocenters. The number of fused-ring (bicyclic) bond motifs is 1. The van der Waals surface area contributed by atoms with E-state index in [2.05, 4.69) is 26.9 Å². The number of aryl methyl sites for hydroxylation is 2. The van der Waals surface area contributed by atoms with Crippen LogP contribution in [-0.2, 0) is 24.3 Å². The van der Waals surface area contributed by atoms with Gasteiger partial charge in [-0.25, -0.2) is 0 Å². The number of aromatic nitrogens is 3. The highest BCUT2D eigenvalue weighted by Crippen LogP contribution is 2.21. The van der Waals surface area contributed by atoms with Crippen molar-refractivity contribution in [1.82, 2.24) is 20.1 Å². The van der Waals surface area contributed by atoms with E-state index in [1.807, 2.05) is 29.7 Å². The van der Waals surface area contributed by atoms with Crippen LogP contribution in [0.1, 0.15) is 24.7 Å². The van der Waals surface area contributed by atoms with Gasteiger partial charge in [-0.15, -0.1) is 10.2 Å². The molecule has 0 saturated carbocycles. The Morgan fingerprint density at radius 3 is 3.14 bits per heavy atom. The number of carbonyl (C=O) groups excluding carboxylic acids is 1. The fourth-order valence-corrected chi connectivity index (χ4v) is 2.60. The third kappa shape index (κ3) is 2.95. The zero-order chi connectivity index (χ0) is 14.7. The standard InChI is InChI=1S/C15H19N5O/c1-2-20-10-17-19-14(20)9-16-13-8-7-11-5-3-4-6-12(11)18-15(13)21/h3-6,10,13,16H,2,7-9H2,1H3,(H,18,21). The van der Waals surface area contributed by atoms with Crippen LogP contribution in [0.4, 0.5) is 5.69 Å². The second kappa shape index (κ2) is 6.05. The Balaban J connectivity index is 1.66. The Hall–Kier alpha value is -2.21. The smallest absolute Gasteiger partial charge is 0.241 e. The molecule has 1 aromatic carbocycles. The third-order valence-corrected chi connectivity index (χ3v) is 3.84. The van der Waals surface area contributed by atoms with Gasteiger partial charge in [-0.3, -0.25) is 10.1 Å². The summed E-state index contributed by atoms with van der Waals surface area (Å²) in [5, 5.41) is 14.3. The Morgan fingerprint density at radius 2 is 2.29 bits per heavy atom. The van der Waals surface area contributed by atoms with Gasteiger partial charge in [0.2, 0.25) is 5.91 Å². The van der Waals surface area contributed by atoms with Crippen molar-refractivity contribution in [2.75, 3.05) is 5.32 Å². The summed E-state index contributed by atoms with van der Waals surface area (Å²) in [7, 11) is 0. The topological polar surface area (TPSA) is 71.8 Å². The van der Waals surface area contributed by atoms with Gasteiger partial charge in [0.15, 0.2) is 0 Å². The number of nitrogens with one attached hydrogen (secondary N) is 2. The zero-order valence-corrected chi connectivity index (χ0v) is 12.0. The van der Waals surface area contributed by atoms with Crippen LogP contribution < -0.4 is 10.6 Å². The van der Waals surface area contributed by atoms with Crippen LogP contribution in [0.25, 0.3) is 0 Å². The predicted molar refractivity (Wildman–Crippen MR) is 79.7 cm³/mol. The van der Waals surface area contributed by atoms with Gasteiger partial charge in [-0.1, -0.05) is 18.2 Å². The molecule has 0 saturated heterocycles. The van der Waals surface area contributed by atoms with Crippen LogP contribution in [0.3, 0.4) is 0 Å². The summed E-state index contributed by atoms with van der Waals surface area (Å²) in [6.45, 7) is 3.41. The number of rotatable bonds is 4. The summed E-state index contributed by atoms with van der Waals surface area (Å²) in [5.74, 6) is 0.870. The van der Waals surface area contributed by atoms with Crippen LogP contribution in [-0.4, -0.2) is 26.7 Å². The monoisotopic (exact) mass is 285 g/mol. The first kappa shape index (κ1) is 13.8. The number of para-hydroxylation sites is 1. The van der Waals surface area contributed by atoms with Crippen molar-refractivity contribution in [3.8, 4) is 0 Å². The number of nitrogens with zero attached hydrogens (tertiary/aromatic N) is 3. The first-order valence-electron chi connectivity index (χ1n) is 7.26. The minimum Gasteiger partial charge on any atom is -0.324 e. The van der Waals surface area contributed by atoms with E-state index >= 15 is 0 Å². The fourth-order valence-electron chi connectivity index (χ4n) is 2.60. The van der Waals surface area contributed by atoms with Gasteiger partial charge in [0.25, 0.3) is 0 Å². The first-order chi connectivity index (χ1) is 10.3. The molecule has 21 heavy (non-hydrogen) atoms. The summed E-state index contributed by atoms with van der Waals surface area (Å²) in [6, 6.07) is 7.74. The van der Waals surface area contributed by atoms with Crippen LogP contribution in [0, 0.1) is 0 Å². The van der Waals surface area contributed by atoms with Crippen LogP contribution in [0.15, 0.2) is 30.6 Å². The second-order valence-corrected chi connectivity index (χ2v) is 5.15. The van der Waals surface area contributed by atoms with Gasteiger partial charge in [0.05, 0.1) is 12.6 Å². The lowest BCUT2D eigenvalue weighted by Crippen LogP contribution is -2.39. The minimum absolute atomic E-state index is 0.0162. The predicted octanol–water partition coefficient (Wildman–Crippen LogP) is 1.34. The second-order valence-electron chi connectivity index (χ2n) is 5.15. The Morgan fingerprint density at radius 1 is 1.43 bits per heavy atom. The van der Waals surface area contributed by atoms with E-state index in [0.717, 1.165) is 30.9 Å². The minimum atomic E-state index is -0.209. The van der Waals surface area contributed by atoms with Crippen molar-refractivity contribution in [2.24, 2.45) is 0 Å². The zero-order valence-electron chi connectivity index (χ0n) is 12.0. The summed E-state index contributed by atoms with van der Waals surface area (Å²) in [6.07, 6.45) is 3.37. The fraction of sp³-hybridized carbons (Fsp3) is 0.400. The van der Waals surface area contributed by atoms with Crippen molar-refractivity contribution >= 4 is 11.6 Å². The van der Waals surface area contributed by atoms with Gasteiger partial charge in [-0.05, 0) is 31.4 Å². The molecule has 2 N–H and O–H groups in total. The lowest BCUT2D eigenvalue weighted by atomic mass is 10.1. The molecular weight excluding hydrogens is 266 g/mol. The van der Waals surface area contributed by atoms with Crippen molar-refractivity contribution < 1.29 is 4.79 Å². The van der Waals surface area contributed by atoms with E-state index in [1.54, 1.807) is 6.33 Å². The number of carbonyl (C=O) groups is 1. The molecule has 2 aromatic rings. The largest absolute Gasteiger partial charge is 0.324 e. The SMILES string of the molecule is CCn1cnnc1CNC1CCc2ccccc2NC1=O. The van der Waals surface area contributed by atoms with E-state index in [-0.39, 0.29) is 11.9 Å². The highest BCUT2D eigenvalue weighted by molar-refractivity contribution is 5.96. The summed E-state index contributed by atoms with van der Waals surface area (Å²) >= 11 is 0. The molecule has 0 fully saturated rings. The Labute approximate surface area is 123 Å². The number of hydrogen-bond donors (Lipinski definition) is 2. The molecule has 1 aliphatic rings. The van der Waals surface area contributed by atoms with Crippen LogP contribution >= 0.6 is 0 Å².